The second kappa shape index (κ2) is 4.97. The van der Waals surface area contributed by atoms with Gasteiger partial charge in [0.1, 0.15) is 5.54 Å². The minimum Gasteiger partial charge on any atom is -0.377 e. The van der Waals surface area contributed by atoms with E-state index in [1.807, 2.05) is 4.90 Å². The fraction of sp³-hybridized carbons (Fsp3) is 0.933. The third kappa shape index (κ3) is 1.83. The summed E-state index contributed by atoms with van der Waals surface area (Å²) in [5.74, 6) is 0.327. The number of hydrogen-bond acceptors (Lipinski definition) is 4. The highest BCUT2D eigenvalue weighted by molar-refractivity contribution is 5.89. The fourth-order valence-electron chi connectivity index (χ4n) is 4.32. The number of fused-ring (bicyclic) bond motifs is 1. The van der Waals surface area contributed by atoms with E-state index in [-0.39, 0.29) is 23.3 Å². The molecule has 2 heterocycles. The second-order valence-electron chi connectivity index (χ2n) is 7.03. The Balaban J connectivity index is 1.81. The number of carbonyl (C=O) groups is 1. The zero-order valence-corrected chi connectivity index (χ0v) is 12.7. The fourth-order valence-corrected chi connectivity index (χ4v) is 4.32. The van der Waals surface area contributed by atoms with E-state index < -0.39 is 5.54 Å². The van der Waals surface area contributed by atoms with Gasteiger partial charge in [-0.2, -0.15) is 0 Å². The van der Waals surface area contributed by atoms with E-state index in [1.54, 1.807) is 0 Å². The van der Waals surface area contributed by atoms with Gasteiger partial charge in [0.2, 0.25) is 5.91 Å². The van der Waals surface area contributed by atoms with Gasteiger partial charge in [-0.05, 0) is 25.8 Å². The minimum atomic E-state index is -0.748. The van der Waals surface area contributed by atoms with Gasteiger partial charge in [-0.15, -0.1) is 0 Å². The lowest BCUT2D eigenvalue weighted by Gasteiger charge is -2.65. The van der Waals surface area contributed by atoms with Crippen LogP contribution >= 0.6 is 0 Å². The Morgan fingerprint density at radius 3 is 2.90 bits per heavy atom. The summed E-state index contributed by atoms with van der Waals surface area (Å²) in [6.07, 6.45) is 3.19. The van der Waals surface area contributed by atoms with Crippen LogP contribution in [0, 0.1) is 11.3 Å². The molecule has 114 valence electrons. The van der Waals surface area contributed by atoms with Crippen LogP contribution in [0.2, 0.25) is 0 Å². The number of hydrogen-bond donors (Lipinski definition) is 2. The number of rotatable bonds is 1. The SMILES string of the molecule is CC1(C)C2OCCCC2C1(N)C(=O)N1CCCNCC1. The van der Waals surface area contributed by atoms with Crippen LogP contribution in [0.1, 0.15) is 33.1 Å². The standard InChI is InChI=1S/C15H27N3O2/c1-14(2)12-11(5-3-10-20-12)15(14,16)13(19)18-8-4-6-17-7-9-18/h11-12,17H,3-10,16H2,1-2H3. The van der Waals surface area contributed by atoms with Gasteiger partial charge in [0.25, 0.3) is 0 Å². The van der Waals surface area contributed by atoms with Gasteiger partial charge < -0.3 is 20.7 Å². The van der Waals surface area contributed by atoms with Crippen molar-refractivity contribution in [2.75, 3.05) is 32.8 Å². The number of nitrogens with one attached hydrogen (secondary N) is 1. The zero-order valence-electron chi connectivity index (χ0n) is 12.7. The van der Waals surface area contributed by atoms with Crippen molar-refractivity contribution >= 4 is 5.91 Å². The molecule has 3 fully saturated rings. The van der Waals surface area contributed by atoms with Crippen molar-refractivity contribution in [3.8, 4) is 0 Å². The summed E-state index contributed by atoms with van der Waals surface area (Å²) < 4.78 is 5.89. The van der Waals surface area contributed by atoms with E-state index in [4.69, 9.17) is 10.5 Å². The maximum absolute atomic E-state index is 13.0. The number of nitrogens with two attached hydrogens (primary N) is 1. The molecule has 1 amide bonds. The van der Waals surface area contributed by atoms with Crippen LogP contribution in [0.3, 0.4) is 0 Å². The topological polar surface area (TPSA) is 67.6 Å². The van der Waals surface area contributed by atoms with Crippen molar-refractivity contribution in [1.82, 2.24) is 10.2 Å². The Bertz CT molecular complexity index is 391. The predicted octanol–water partition coefficient (Wildman–Crippen LogP) is 0.341. The Kier molecular flexibility index (Phi) is 3.55. The molecule has 0 aromatic carbocycles. The number of nitrogens with zero attached hydrogens (tertiary/aromatic N) is 1. The number of ether oxygens (including phenoxy) is 1. The van der Waals surface area contributed by atoms with E-state index in [2.05, 4.69) is 19.2 Å². The van der Waals surface area contributed by atoms with Crippen LogP contribution in [0.5, 0.6) is 0 Å². The highest BCUT2D eigenvalue weighted by atomic mass is 16.5. The smallest absolute Gasteiger partial charge is 0.243 e. The number of amides is 1. The summed E-state index contributed by atoms with van der Waals surface area (Å²) in [6, 6.07) is 0. The van der Waals surface area contributed by atoms with Crippen molar-refractivity contribution < 1.29 is 9.53 Å². The zero-order chi connectivity index (χ0) is 14.4. The molecular formula is C15H27N3O2. The van der Waals surface area contributed by atoms with Gasteiger partial charge in [-0.3, -0.25) is 4.79 Å². The summed E-state index contributed by atoms with van der Waals surface area (Å²) in [4.78, 5) is 15.0. The predicted molar refractivity (Wildman–Crippen MR) is 77.2 cm³/mol. The highest BCUT2D eigenvalue weighted by Gasteiger charge is 2.70. The molecule has 20 heavy (non-hydrogen) atoms. The van der Waals surface area contributed by atoms with Gasteiger partial charge in [-0.25, -0.2) is 0 Å². The molecular weight excluding hydrogens is 254 g/mol. The monoisotopic (exact) mass is 281 g/mol. The molecule has 2 aliphatic heterocycles. The lowest BCUT2D eigenvalue weighted by molar-refractivity contribution is -0.230. The first kappa shape index (κ1) is 14.3. The van der Waals surface area contributed by atoms with Crippen LogP contribution in [-0.2, 0) is 9.53 Å². The molecule has 0 aromatic heterocycles. The first-order valence-corrected chi connectivity index (χ1v) is 7.90. The molecule has 5 nitrogen and oxygen atoms in total. The third-order valence-corrected chi connectivity index (χ3v) is 5.67. The van der Waals surface area contributed by atoms with E-state index in [9.17, 15) is 4.79 Å². The molecule has 3 N–H and O–H groups in total. The summed E-state index contributed by atoms with van der Waals surface area (Å²) in [5, 5.41) is 3.34. The number of carbonyl (C=O) groups excluding carboxylic acids is 1. The Morgan fingerprint density at radius 2 is 2.10 bits per heavy atom. The molecule has 1 saturated carbocycles. The molecule has 1 aliphatic carbocycles. The lowest BCUT2D eigenvalue weighted by Crippen LogP contribution is -2.82. The van der Waals surface area contributed by atoms with Crippen molar-refractivity contribution in [3.63, 3.8) is 0 Å². The molecule has 5 heteroatoms. The van der Waals surface area contributed by atoms with Gasteiger partial charge in [-0.1, -0.05) is 13.8 Å². The van der Waals surface area contributed by atoms with Gasteiger partial charge in [0.15, 0.2) is 0 Å². The van der Waals surface area contributed by atoms with Crippen LogP contribution in [0.4, 0.5) is 0 Å². The second-order valence-corrected chi connectivity index (χ2v) is 7.03. The van der Waals surface area contributed by atoms with Crippen LogP contribution in [0.15, 0.2) is 0 Å². The molecule has 2 saturated heterocycles. The lowest BCUT2D eigenvalue weighted by atomic mass is 9.46. The molecule has 0 bridgehead atoms. The van der Waals surface area contributed by atoms with Crippen LogP contribution < -0.4 is 11.1 Å². The molecule has 3 rings (SSSR count). The van der Waals surface area contributed by atoms with E-state index in [0.29, 0.717) is 0 Å². The van der Waals surface area contributed by atoms with Gasteiger partial charge >= 0.3 is 0 Å². The summed E-state index contributed by atoms with van der Waals surface area (Å²) in [6.45, 7) is 8.43. The highest BCUT2D eigenvalue weighted by Crippen LogP contribution is 2.57. The Labute approximate surface area is 121 Å². The minimum absolute atomic E-state index is 0.137. The normalized spacial score (nSPS) is 40.5. The molecule has 3 unspecified atom stereocenters. The van der Waals surface area contributed by atoms with Crippen molar-refractivity contribution in [2.45, 2.75) is 44.8 Å². The van der Waals surface area contributed by atoms with Crippen molar-refractivity contribution in [1.29, 1.82) is 0 Å². The summed E-state index contributed by atoms with van der Waals surface area (Å²) in [7, 11) is 0. The first-order chi connectivity index (χ1) is 9.49. The third-order valence-electron chi connectivity index (χ3n) is 5.67. The molecule has 0 radical (unpaired) electrons. The largest absolute Gasteiger partial charge is 0.377 e. The van der Waals surface area contributed by atoms with E-state index in [0.717, 1.165) is 52.0 Å². The summed E-state index contributed by atoms with van der Waals surface area (Å²) >= 11 is 0. The average Bonchev–Trinajstić information content (AvgIpc) is 2.74. The quantitative estimate of drug-likeness (QED) is 0.727. The van der Waals surface area contributed by atoms with E-state index >= 15 is 0 Å². The molecule has 0 aromatic rings. The summed E-state index contributed by atoms with van der Waals surface area (Å²) in [5.41, 5.74) is 5.65. The molecule has 3 aliphatic rings. The van der Waals surface area contributed by atoms with Crippen molar-refractivity contribution in [2.24, 2.45) is 17.1 Å². The van der Waals surface area contributed by atoms with Crippen molar-refractivity contribution in [3.05, 3.63) is 0 Å². The van der Waals surface area contributed by atoms with Gasteiger partial charge in [0.05, 0.1) is 6.10 Å². The van der Waals surface area contributed by atoms with Crippen LogP contribution in [-0.4, -0.2) is 55.2 Å². The average molecular weight is 281 g/mol. The Morgan fingerprint density at radius 1 is 1.30 bits per heavy atom. The maximum atomic E-state index is 13.0. The maximum Gasteiger partial charge on any atom is 0.243 e. The van der Waals surface area contributed by atoms with Crippen LogP contribution in [0.25, 0.3) is 0 Å². The van der Waals surface area contributed by atoms with Gasteiger partial charge in [0, 0.05) is 37.6 Å². The Hall–Kier alpha value is -0.650. The molecule has 0 spiro atoms. The first-order valence-electron chi connectivity index (χ1n) is 7.90. The molecule has 3 atom stereocenters. The van der Waals surface area contributed by atoms with E-state index in [1.165, 1.54) is 0 Å².